The lowest BCUT2D eigenvalue weighted by atomic mass is 10.1. The molecule has 0 radical (unpaired) electrons. The van der Waals surface area contributed by atoms with Crippen LogP contribution in [0.3, 0.4) is 0 Å². The third-order valence-electron chi connectivity index (χ3n) is 6.60. The Morgan fingerprint density at radius 1 is 1.10 bits per heavy atom. The van der Waals surface area contributed by atoms with Crippen molar-refractivity contribution in [2.75, 3.05) is 62.0 Å². The fraction of sp³-hybridized carbons (Fsp3) is 0.276. The summed E-state index contributed by atoms with van der Waals surface area (Å²) in [5, 5.41) is 6.75. The molecule has 0 bridgehead atoms. The van der Waals surface area contributed by atoms with Crippen molar-refractivity contribution in [3.63, 3.8) is 0 Å². The van der Waals surface area contributed by atoms with E-state index in [0.717, 1.165) is 17.8 Å². The summed E-state index contributed by atoms with van der Waals surface area (Å²) in [4.78, 5) is 34.5. The van der Waals surface area contributed by atoms with Crippen LogP contribution in [-0.4, -0.2) is 68.3 Å². The molecule has 214 valence electrons. The number of methoxy groups -OCH3 is 1. The van der Waals surface area contributed by atoms with E-state index in [0.29, 0.717) is 58.9 Å². The van der Waals surface area contributed by atoms with Gasteiger partial charge in [0.1, 0.15) is 0 Å². The number of hydrogen-bond donors (Lipinski definition) is 2. The minimum Gasteiger partial charge on any atom is -0.494 e. The van der Waals surface area contributed by atoms with Crippen molar-refractivity contribution in [1.29, 1.82) is 0 Å². The molecule has 5 rings (SSSR count). The standard InChI is InChI=1S/C29H29ClFN5O4S/c1-39-25-9-2-19(16-23(25)31)17-27(37)34-28-33-24-8-7-22(18-26(24)41-28)36(11-10-35-12-14-40-15-13-35)29(38)32-21-5-3-20(30)4-6-21/h2-9,16,18H,10-15,17H2,1H3,(H,32,38)(H,33,34,37). The Labute approximate surface area is 245 Å². The molecule has 12 heteroatoms. The first-order valence-electron chi connectivity index (χ1n) is 13.0. The van der Waals surface area contributed by atoms with Crippen LogP contribution in [0.5, 0.6) is 5.75 Å². The van der Waals surface area contributed by atoms with Crippen LogP contribution in [0.15, 0.2) is 60.7 Å². The average molecular weight is 598 g/mol. The van der Waals surface area contributed by atoms with Crippen LogP contribution in [0.2, 0.25) is 5.02 Å². The lowest BCUT2D eigenvalue weighted by Crippen LogP contribution is -2.44. The molecule has 41 heavy (non-hydrogen) atoms. The molecule has 0 aliphatic carbocycles. The summed E-state index contributed by atoms with van der Waals surface area (Å²) >= 11 is 7.30. The lowest BCUT2D eigenvalue weighted by Gasteiger charge is -2.30. The molecule has 1 aliphatic heterocycles. The average Bonchev–Trinajstić information content (AvgIpc) is 3.36. The molecule has 0 saturated carbocycles. The minimum absolute atomic E-state index is 0.0116. The number of fused-ring (bicyclic) bond motifs is 1. The predicted octanol–water partition coefficient (Wildman–Crippen LogP) is 5.65. The SMILES string of the molecule is COc1ccc(CC(=O)Nc2nc3ccc(N(CCN4CCOCC4)C(=O)Nc4ccc(Cl)cc4)cc3s2)cc1F. The van der Waals surface area contributed by atoms with Crippen LogP contribution in [0.1, 0.15) is 5.56 Å². The summed E-state index contributed by atoms with van der Waals surface area (Å²) in [6, 6.07) is 16.7. The topological polar surface area (TPSA) is 96.0 Å². The lowest BCUT2D eigenvalue weighted by molar-refractivity contribution is -0.115. The summed E-state index contributed by atoms with van der Waals surface area (Å²) in [5.74, 6) is -0.719. The third-order valence-corrected chi connectivity index (χ3v) is 7.78. The highest BCUT2D eigenvalue weighted by Crippen LogP contribution is 2.30. The zero-order chi connectivity index (χ0) is 28.8. The maximum atomic E-state index is 14.0. The number of aromatic nitrogens is 1. The van der Waals surface area contributed by atoms with Gasteiger partial charge in [0, 0.05) is 42.6 Å². The van der Waals surface area contributed by atoms with Gasteiger partial charge in [-0.25, -0.2) is 14.2 Å². The second kappa shape index (κ2) is 13.3. The summed E-state index contributed by atoms with van der Waals surface area (Å²) in [5.41, 5.74) is 2.55. The van der Waals surface area contributed by atoms with Crippen molar-refractivity contribution >= 4 is 61.6 Å². The van der Waals surface area contributed by atoms with Gasteiger partial charge in [0.25, 0.3) is 0 Å². The van der Waals surface area contributed by atoms with Crippen molar-refractivity contribution in [1.82, 2.24) is 9.88 Å². The smallest absolute Gasteiger partial charge is 0.326 e. The molecule has 1 aromatic heterocycles. The fourth-order valence-electron chi connectivity index (χ4n) is 4.44. The summed E-state index contributed by atoms with van der Waals surface area (Å²) in [7, 11) is 1.39. The van der Waals surface area contributed by atoms with E-state index in [-0.39, 0.29) is 24.1 Å². The predicted molar refractivity (Wildman–Crippen MR) is 160 cm³/mol. The van der Waals surface area contributed by atoms with Gasteiger partial charge in [-0.15, -0.1) is 0 Å². The number of halogens is 2. The van der Waals surface area contributed by atoms with Crippen molar-refractivity contribution < 1.29 is 23.5 Å². The number of thiazole rings is 1. The number of ether oxygens (including phenoxy) is 2. The van der Waals surface area contributed by atoms with E-state index in [1.54, 1.807) is 35.2 Å². The number of rotatable bonds is 9. The molecule has 1 fully saturated rings. The van der Waals surface area contributed by atoms with Gasteiger partial charge in [-0.2, -0.15) is 0 Å². The number of amides is 3. The van der Waals surface area contributed by atoms with Crippen LogP contribution in [0.4, 0.5) is 25.7 Å². The molecule has 3 amide bonds. The number of nitrogens with one attached hydrogen (secondary N) is 2. The number of nitrogens with zero attached hydrogens (tertiary/aromatic N) is 3. The van der Waals surface area contributed by atoms with Gasteiger partial charge in [-0.1, -0.05) is 29.0 Å². The summed E-state index contributed by atoms with van der Waals surface area (Å²) in [6.45, 7) is 4.12. The second-order valence-corrected chi connectivity index (χ2v) is 10.9. The first kappa shape index (κ1) is 28.7. The van der Waals surface area contributed by atoms with E-state index in [1.807, 2.05) is 18.2 Å². The van der Waals surface area contributed by atoms with Crippen LogP contribution in [0.25, 0.3) is 10.2 Å². The second-order valence-electron chi connectivity index (χ2n) is 9.41. The van der Waals surface area contributed by atoms with Crippen LogP contribution >= 0.6 is 22.9 Å². The molecule has 4 aromatic rings. The van der Waals surface area contributed by atoms with Crippen LogP contribution in [-0.2, 0) is 16.0 Å². The summed E-state index contributed by atoms with van der Waals surface area (Å²) in [6.07, 6.45) is -0.0116. The van der Waals surface area contributed by atoms with Gasteiger partial charge in [0.15, 0.2) is 16.7 Å². The van der Waals surface area contributed by atoms with Crippen molar-refractivity contribution in [3.05, 3.63) is 77.1 Å². The number of urea groups is 1. The highest BCUT2D eigenvalue weighted by Gasteiger charge is 2.20. The van der Waals surface area contributed by atoms with Gasteiger partial charge in [0.2, 0.25) is 5.91 Å². The number of carbonyl (C=O) groups excluding carboxylic acids is 2. The Kier molecular flexibility index (Phi) is 9.30. The zero-order valence-electron chi connectivity index (χ0n) is 22.4. The van der Waals surface area contributed by atoms with Gasteiger partial charge < -0.3 is 20.1 Å². The van der Waals surface area contributed by atoms with Gasteiger partial charge in [-0.3, -0.25) is 14.6 Å². The van der Waals surface area contributed by atoms with Gasteiger partial charge in [-0.05, 0) is 60.2 Å². The highest BCUT2D eigenvalue weighted by atomic mass is 35.5. The molecular weight excluding hydrogens is 569 g/mol. The number of benzene rings is 3. The summed E-state index contributed by atoms with van der Waals surface area (Å²) < 4.78 is 25.2. The van der Waals surface area contributed by atoms with E-state index in [2.05, 4.69) is 20.5 Å². The van der Waals surface area contributed by atoms with Crippen LogP contribution < -0.4 is 20.3 Å². The molecule has 2 N–H and O–H groups in total. The van der Waals surface area contributed by atoms with E-state index in [1.165, 1.54) is 30.6 Å². The Morgan fingerprint density at radius 3 is 2.61 bits per heavy atom. The van der Waals surface area contributed by atoms with E-state index < -0.39 is 5.82 Å². The van der Waals surface area contributed by atoms with Crippen molar-refractivity contribution in [2.45, 2.75) is 6.42 Å². The molecule has 0 spiro atoms. The Bertz CT molecular complexity index is 1530. The number of carbonyl (C=O) groups is 2. The number of morpholine rings is 1. The highest BCUT2D eigenvalue weighted by molar-refractivity contribution is 7.22. The van der Waals surface area contributed by atoms with E-state index in [4.69, 9.17) is 21.1 Å². The quantitative estimate of drug-likeness (QED) is 0.259. The normalized spacial score (nSPS) is 13.6. The van der Waals surface area contributed by atoms with Crippen molar-refractivity contribution in [3.8, 4) is 5.75 Å². The largest absolute Gasteiger partial charge is 0.494 e. The Balaban J connectivity index is 1.31. The third kappa shape index (κ3) is 7.50. The molecule has 1 aliphatic rings. The minimum atomic E-state index is -0.524. The Hall–Kier alpha value is -3.77. The molecule has 2 heterocycles. The molecule has 3 aromatic carbocycles. The van der Waals surface area contributed by atoms with Gasteiger partial charge in [0.05, 0.1) is 37.0 Å². The fourth-order valence-corrected chi connectivity index (χ4v) is 5.48. The molecular formula is C29H29ClFN5O4S. The Morgan fingerprint density at radius 2 is 1.88 bits per heavy atom. The van der Waals surface area contributed by atoms with Crippen LogP contribution in [0, 0.1) is 5.82 Å². The monoisotopic (exact) mass is 597 g/mol. The first-order valence-corrected chi connectivity index (χ1v) is 14.2. The van der Waals surface area contributed by atoms with E-state index >= 15 is 0 Å². The van der Waals surface area contributed by atoms with Gasteiger partial charge >= 0.3 is 6.03 Å². The number of hydrogen-bond acceptors (Lipinski definition) is 7. The molecule has 9 nitrogen and oxygen atoms in total. The molecule has 0 atom stereocenters. The molecule has 1 saturated heterocycles. The van der Waals surface area contributed by atoms with Crippen molar-refractivity contribution in [2.24, 2.45) is 0 Å². The first-order chi connectivity index (χ1) is 19.9. The molecule has 0 unspecified atom stereocenters. The maximum Gasteiger partial charge on any atom is 0.326 e. The van der Waals surface area contributed by atoms with E-state index in [9.17, 15) is 14.0 Å². The zero-order valence-corrected chi connectivity index (χ0v) is 23.9. The number of anilines is 3. The maximum absolute atomic E-state index is 14.0.